The predicted molar refractivity (Wildman–Crippen MR) is 68.7 cm³/mol. The quantitative estimate of drug-likeness (QED) is 0.842. The van der Waals surface area contributed by atoms with E-state index in [0.29, 0.717) is 6.54 Å². The second kappa shape index (κ2) is 5.35. The minimum atomic E-state index is -0.310. The Bertz CT molecular complexity index is 450. The molecule has 1 fully saturated rings. The number of benzene rings is 1. The van der Waals surface area contributed by atoms with Gasteiger partial charge in [-0.3, -0.25) is 4.79 Å². The van der Waals surface area contributed by atoms with E-state index in [1.807, 2.05) is 11.0 Å². The average Bonchev–Trinajstić information content (AvgIpc) is 2.86. The van der Waals surface area contributed by atoms with Crippen LogP contribution in [0.1, 0.15) is 18.4 Å². The largest absolute Gasteiger partial charge is 0.359 e. The Kier molecular flexibility index (Phi) is 3.81. The summed E-state index contributed by atoms with van der Waals surface area (Å²) >= 11 is 0. The number of halogens is 1. The molecule has 1 aliphatic heterocycles. The summed E-state index contributed by atoms with van der Waals surface area (Å²) in [6, 6.07) is 4.53. The first-order chi connectivity index (χ1) is 8.65. The van der Waals surface area contributed by atoms with Gasteiger partial charge in [0.05, 0.1) is 0 Å². The lowest BCUT2D eigenvalue weighted by molar-refractivity contribution is -0.121. The molecule has 98 valence electrons. The number of likely N-dealkylation sites (N-methyl/N-ethyl adjacent to an activating group) is 1. The number of rotatable bonds is 3. The Hall–Kier alpha value is -1.62. The maximum absolute atomic E-state index is 13.5. The highest BCUT2D eigenvalue weighted by Gasteiger charge is 2.30. The van der Waals surface area contributed by atoms with Crippen LogP contribution in [0, 0.1) is 5.82 Å². The minimum Gasteiger partial charge on any atom is -0.359 e. The van der Waals surface area contributed by atoms with Crippen molar-refractivity contribution >= 4 is 11.6 Å². The van der Waals surface area contributed by atoms with Crippen LogP contribution in [0.4, 0.5) is 10.1 Å². The van der Waals surface area contributed by atoms with Crippen LogP contribution in [0.3, 0.4) is 0 Å². The molecular formula is C13H18FN3O. The zero-order valence-corrected chi connectivity index (χ0v) is 10.4. The molecule has 1 heterocycles. The van der Waals surface area contributed by atoms with Crippen LogP contribution in [0.5, 0.6) is 0 Å². The summed E-state index contributed by atoms with van der Waals surface area (Å²) < 4.78 is 13.5. The van der Waals surface area contributed by atoms with Crippen molar-refractivity contribution in [2.45, 2.75) is 25.4 Å². The molecule has 1 aliphatic rings. The fourth-order valence-corrected chi connectivity index (χ4v) is 2.43. The Morgan fingerprint density at radius 2 is 2.33 bits per heavy atom. The molecule has 2 rings (SSSR count). The fourth-order valence-electron chi connectivity index (χ4n) is 2.43. The Balaban J connectivity index is 2.29. The zero-order chi connectivity index (χ0) is 13.1. The van der Waals surface area contributed by atoms with Crippen molar-refractivity contribution in [3.63, 3.8) is 0 Å². The lowest BCUT2D eigenvalue weighted by Crippen LogP contribution is -2.42. The summed E-state index contributed by atoms with van der Waals surface area (Å²) in [6.07, 6.45) is 1.74. The number of carbonyl (C=O) groups excluding carboxylic acids is 1. The van der Waals surface area contributed by atoms with Gasteiger partial charge in [0.2, 0.25) is 5.91 Å². The molecule has 5 heteroatoms. The van der Waals surface area contributed by atoms with E-state index < -0.39 is 0 Å². The number of amides is 1. The highest BCUT2D eigenvalue weighted by Crippen LogP contribution is 2.27. The summed E-state index contributed by atoms with van der Waals surface area (Å²) in [5, 5.41) is 2.65. The van der Waals surface area contributed by atoms with Crippen LogP contribution in [0.15, 0.2) is 18.2 Å². The van der Waals surface area contributed by atoms with E-state index >= 15 is 0 Å². The molecule has 1 saturated heterocycles. The lowest BCUT2D eigenvalue weighted by Gasteiger charge is -2.26. The van der Waals surface area contributed by atoms with Gasteiger partial charge in [0, 0.05) is 25.8 Å². The number of hydrogen-bond donors (Lipinski definition) is 2. The SMILES string of the molecule is CNC(=O)C1CCCN1c1cc(F)cc(CN)c1. The van der Waals surface area contributed by atoms with Gasteiger partial charge in [-0.2, -0.15) is 0 Å². The second-order valence-corrected chi connectivity index (χ2v) is 4.49. The van der Waals surface area contributed by atoms with Crippen LogP contribution in [0.25, 0.3) is 0 Å². The molecule has 1 aromatic carbocycles. The molecule has 4 nitrogen and oxygen atoms in total. The second-order valence-electron chi connectivity index (χ2n) is 4.49. The number of nitrogens with two attached hydrogens (primary N) is 1. The molecule has 1 atom stereocenters. The maximum Gasteiger partial charge on any atom is 0.242 e. The molecule has 0 radical (unpaired) electrons. The third-order valence-electron chi connectivity index (χ3n) is 3.31. The third kappa shape index (κ3) is 2.46. The molecule has 18 heavy (non-hydrogen) atoms. The first-order valence-corrected chi connectivity index (χ1v) is 6.13. The Morgan fingerprint density at radius 3 is 3.00 bits per heavy atom. The highest BCUT2D eigenvalue weighted by atomic mass is 19.1. The van der Waals surface area contributed by atoms with Gasteiger partial charge >= 0.3 is 0 Å². The smallest absolute Gasteiger partial charge is 0.242 e. The molecule has 0 saturated carbocycles. The fraction of sp³-hybridized carbons (Fsp3) is 0.462. The Labute approximate surface area is 106 Å². The van der Waals surface area contributed by atoms with Gasteiger partial charge in [0.25, 0.3) is 0 Å². The summed E-state index contributed by atoms with van der Waals surface area (Å²) in [5.41, 5.74) is 7.02. The number of carbonyl (C=O) groups is 1. The normalized spacial score (nSPS) is 19.1. The van der Waals surface area contributed by atoms with Gasteiger partial charge < -0.3 is 16.0 Å². The summed E-state index contributed by atoms with van der Waals surface area (Å²) in [6.45, 7) is 1.06. The number of hydrogen-bond acceptors (Lipinski definition) is 3. The molecule has 1 unspecified atom stereocenters. The maximum atomic E-state index is 13.5. The van der Waals surface area contributed by atoms with E-state index in [-0.39, 0.29) is 17.8 Å². The lowest BCUT2D eigenvalue weighted by atomic mass is 10.1. The van der Waals surface area contributed by atoms with Crippen LogP contribution < -0.4 is 16.0 Å². The minimum absolute atomic E-state index is 0.0222. The number of anilines is 1. The van der Waals surface area contributed by atoms with Gasteiger partial charge in [-0.05, 0) is 36.6 Å². The van der Waals surface area contributed by atoms with Crippen molar-refractivity contribution in [2.75, 3.05) is 18.5 Å². The number of nitrogens with zero attached hydrogens (tertiary/aromatic N) is 1. The van der Waals surface area contributed by atoms with E-state index in [1.54, 1.807) is 7.05 Å². The zero-order valence-electron chi connectivity index (χ0n) is 10.4. The van der Waals surface area contributed by atoms with Crippen molar-refractivity contribution in [3.05, 3.63) is 29.6 Å². The molecular weight excluding hydrogens is 233 g/mol. The van der Waals surface area contributed by atoms with Crippen molar-refractivity contribution < 1.29 is 9.18 Å². The van der Waals surface area contributed by atoms with Gasteiger partial charge in [-0.1, -0.05) is 0 Å². The van der Waals surface area contributed by atoms with Gasteiger partial charge in [-0.15, -0.1) is 0 Å². The predicted octanol–water partition coefficient (Wildman–Crippen LogP) is 0.999. The van der Waals surface area contributed by atoms with Gasteiger partial charge in [-0.25, -0.2) is 4.39 Å². The monoisotopic (exact) mass is 251 g/mol. The van der Waals surface area contributed by atoms with E-state index in [2.05, 4.69) is 5.32 Å². The topological polar surface area (TPSA) is 58.4 Å². The first-order valence-electron chi connectivity index (χ1n) is 6.13. The molecule has 0 spiro atoms. The van der Waals surface area contributed by atoms with Crippen LogP contribution in [-0.4, -0.2) is 25.5 Å². The van der Waals surface area contributed by atoms with Crippen molar-refractivity contribution in [1.29, 1.82) is 0 Å². The van der Waals surface area contributed by atoms with Crippen LogP contribution in [0.2, 0.25) is 0 Å². The van der Waals surface area contributed by atoms with Gasteiger partial charge in [0.1, 0.15) is 11.9 Å². The summed E-state index contributed by atoms with van der Waals surface area (Å²) in [5.74, 6) is -0.332. The Morgan fingerprint density at radius 1 is 1.56 bits per heavy atom. The average molecular weight is 251 g/mol. The van der Waals surface area contributed by atoms with E-state index in [4.69, 9.17) is 5.73 Å². The molecule has 3 N–H and O–H groups in total. The molecule has 0 bridgehead atoms. The molecule has 1 amide bonds. The standard InChI is InChI=1S/C13H18FN3O/c1-16-13(18)12-3-2-4-17(12)11-6-9(8-15)5-10(14)7-11/h5-7,12H,2-4,8,15H2,1H3,(H,16,18). The molecule has 0 aliphatic carbocycles. The number of nitrogens with one attached hydrogen (secondary N) is 1. The molecule has 0 aromatic heterocycles. The van der Waals surface area contributed by atoms with Crippen molar-refractivity contribution in [1.82, 2.24) is 5.32 Å². The first kappa shape index (κ1) is 12.8. The van der Waals surface area contributed by atoms with E-state index in [9.17, 15) is 9.18 Å². The summed E-state index contributed by atoms with van der Waals surface area (Å²) in [4.78, 5) is 13.7. The van der Waals surface area contributed by atoms with Gasteiger partial charge in [0.15, 0.2) is 0 Å². The van der Waals surface area contributed by atoms with Crippen LogP contribution >= 0.6 is 0 Å². The molecule has 1 aromatic rings. The van der Waals surface area contributed by atoms with E-state index in [1.165, 1.54) is 12.1 Å². The summed E-state index contributed by atoms with van der Waals surface area (Å²) in [7, 11) is 1.62. The van der Waals surface area contributed by atoms with Crippen LogP contribution in [-0.2, 0) is 11.3 Å². The van der Waals surface area contributed by atoms with E-state index in [0.717, 1.165) is 30.6 Å². The van der Waals surface area contributed by atoms with Crippen molar-refractivity contribution in [2.24, 2.45) is 5.73 Å². The third-order valence-corrected chi connectivity index (χ3v) is 3.31. The highest BCUT2D eigenvalue weighted by molar-refractivity contribution is 5.85. The van der Waals surface area contributed by atoms with Crippen molar-refractivity contribution in [3.8, 4) is 0 Å².